The molecule has 0 bridgehead atoms. The fraction of sp³-hybridized carbons (Fsp3) is 0.403. The lowest BCUT2D eigenvalue weighted by Gasteiger charge is -2.13. The molecule has 0 spiro atoms. The maximum atomic E-state index is 13.8. The van der Waals surface area contributed by atoms with E-state index in [4.69, 9.17) is 56.2 Å². The van der Waals surface area contributed by atoms with Crippen LogP contribution in [0.1, 0.15) is 167 Å². The largest absolute Gasteiger partial charge is 0.397 e. The van der Waals surface area contributed by atoms with E-state index >= 15 is 0 Å². The summed E-state index contributed by atoms with van der Waals surface area (Å²) in [5.41, 5.74) is 22.5. The highest BCUT2D eigenvalue weighted by atomic mass is 79.9. The molecule has 0 amide bonds. The highest BCUT2D eigenvalue weighted by molar-refractivity contribution is 9.09. The van der Waals surface area contributed by atoms with Gasteiger partial charge in [0.05, 0.1) is 75.2 Å². The number of aryl methyl sites for hydroxylation is 6. The standard InChI is InChI=1S/C22H26N6S.C12H10BrFN2O.C12H11BrN2O.2C10H18N4S.2C2H6O.2CH4/c1-6-28-20(11-19(26-28)22(3,4)5)25-21-24-18(13-29-21)16-7-9-17(10-8-16)27-12-15(2)23-14-27;1-8-6-16(7-15-8)11-3-2-9(4-10(11)14)12(17)5-13;1-9-7-15(8-14-9)11-4-2-10(3-5-11)12(16)6-13;2*1-5-14-8(12-9(11)15)6-7(13-14)10(2,3)4;2*1-2-3;;/h7-14H,6H2,1-5H3,(H,24,25);2-4,6-7H,5H2,1H3;2-5,7-8H,6H2,1H3;2*6H,5H2,1-4H3,(H3,11,12,15);2*3H,2H2,1H3;2*1H4. The molecule has 7 aromatic heterocycles. The molecule has 0 atom stereocenters. The zero-order valence-corrected chi connectivity index (χ0v) is 64.7. The van der Waals surface area contributed by atoms with E-state index in [2.05, 4.69) is 178 Å². The van der Waals surface area contributed by atoms with Crippen molar-refractivity contribution >= 4 is 112 Å². The summed E-state index contributed by atoms with van der Waals surface area (Å²) in [6.07, 6.45) is 10.8. The fourth-order valence-electron chi connectivity index (χ4n) is 8.55. The first-order chi connectivity index (χ1) is 46.2. The van der Waals surface area contributed by atoms with Crippen LogP contribution < -0.4 is 27.4 Å². The number of aliphatic hydroxyl groups excluding tert-OH is 2. The van der Waals surface area contributed by atoms with E-state index in [1.807, 2.05) is 113 Å². The first-order valence-corrected chi connectivity index (χ1v) is 35.6. The van der Waals surface area contributed by atoms with E-state index in [1.165, 1.54) is 6.07 Å². The minimum absolute atomic E-state index is 0. The number of carbonyl (C=O) groups is 2. The first kappa shape index (κ1) is 88.0. The van der Waals surface area contributed by atoms with Gasteiger partial charge in [0.2, 0.25) is 0 Å². The molecule has 10 aromatic rings. The summed E-state index contributed by atoms with van der Waals surface area (Å²) in [5, 5.41) is 42.2. The molecule has 28 heteroatoms. The highest BCUT2D eigenvalue weighted by Crippen LogP contribution is 2.31. The summed E-state index contributed by atoms with van der Waals surface area (Å²) in [5.74, 6) is 2.20. The maximum Gasteiger partial charge on any atom is 0.188 e. The number of carbonyl (C=O) groups excluding carboxylic acids is 2. The third-order valence-corrected chi connectivity index (χ3v) is 15.6. The van der Waals surface area contributed by atoms with Crippen LogP contribution in [0.5, 0.6) is 0 Å². The SMILES string of the molecule is C.C.CCO.CCO.CCn1nc(C(C)(C)C)cc1NC(N)=S.CCn1nc(C(C)(C)C)cc1NC(N)=S.CCn1nc(C(C)(C)C)cc1Nc1nc(-c2ccc(-n3cnc(C)c3)cc2)cs1.Cc1cn(-c2ccc(C(=O)CBr)cc2)cn1.Cc1cn(-c2ccc(C(=O)CBr)cc2F)cn1. The number of alkyl halides is 2. The number of anilines is 4. The predicted molar refractivity (Wildman–Crippen MR) is 425 cm³/mol. The van der Waals surface area contributed by atoms with Gasteiger partial charge in [-0.1, -0.05) is 121 Å². The normalized spacial score (nSPS) is 10.7. The second-order valence-electron chi connectivity index (χ2n) is 24.9. The van der Waals surface area contributed by atoms with E-state index in [-0.39, 0.29) is 71.4 Å². The van der Waals surface area contributed by atoms with Crippen molar-refractivity contribution in [3.8, 4) is 28.3 Å². The summed E-state index contributed by atoms with van der Waals surface area (Å²) < 4.78 is 25.1. The van der Waals surface area contributed by atoms with Gasteiger partial charge in [-0.05, 0) is 134 Å². The molecular formula is C72H103Br2FN18O4S3. The average molecular weight is 1560 g/mol. The molecule has 10 rings (SSSR count). The number of aliphatic hydroxyl groups is 2. The Kier molecular flexibility index (Phi) is 36.6. The van der Waals surface area contributed by atoms with Gasteiger partial charge in [0.15, 0.2) is 26.9 Å². The van der Waals surface area contributed by atoms with Gasteiger partial charge in [0.25, 0.3) is 0 Å². The van der Waals surface area contributed by atoms with Crippen molar-refractivity contribution in [2.24, 2.45) is 11.5 Å². The fourth-order valence-corrected chi connectivity index (χ4v) is 10.1. The quantitative estimate of drug-likeness (QED) is 0.0285. The van der Waals surface area contributed by atoms with Crippen LogP contribution in [0.15, 0.2) is 128 Å². The summed E-state index contributed by atoms with van der Waals surface area (Å²) in [6.45, 7) is 37.5. The van der Waals surface area contributed by atoms with E-state index in [0.717, 1.165) is 105 Å². The lowest BCUT2D eigenvalue weighted by atomic mass is 9.92. The second kappa shape index (κ2) is 41.6. The van der Waals surface area contributed by atoms with Crippen molar-refractivity contribution < 1.29 is 24.2 Å². The van der Waals surface area contributed by atoms with Gasteiger partial charge in [0.1, 0.15) is 23.3 Å². The van der Waals surface area contributed by atoms with Crippen LogP contribution in [0, 0.1) is 26.6 Å². The van der Waals surface area contributed by atoms with Gasteiger partial charge in [-0.25, -0.2) is 38.4 Å². The number of benzene rings is 3. The van der Waals surface area contributed by atoms with Crippen molar-refractivity contribution in [2.45, 2.75) is 168 Å². The maximum absolute atomic E-state index is 13.8. The number of thiazole rings is 1. The Balaban J connectivity index is 0.000000426. The number of thiocarbonyl (C=S) groups is 2. The Morgan fingerprint density at radius 2 is 0.900 bits per heavy atom. The van der Waals surface area contributed by atoms with Crippen molar-refractivity contribution in [3.05, 3.63) is 179 Å². The molecule has 0 fully saturated rings. The Bertz CT molecular complexity index is 4050. The summed E-state index contributed by atoms with van der Waals surface area (Å²) in [7, 11) is 0. The van der Waals surface area contributed by atoms with Gasteiger partial charge in [0, 0.05) is 119 Å². The van der Waals surface area contributed by atoms with Crippen molar-refractivity contribution in [1.29, 1.82) is 0 Å². The Hall–Kier alpha value is -8.12. The molecule has 0 saturated carbocycles. The average Bonchev–Trinajstić information content (AvgIpc) is 1.72. The second-order valence-corrected chi connectivity index (χ2v) is 27.7. The lowest BCUT2D eigenvalue weighted by molar-refractivity contribution is 0.101. The highest BCUT2D eigenvalue weighted by Gasteiger charge is 2.23. The summed E-state index contributed by atoms with van der Waals surface area (Å²) in [6, 6.07) is 26.4. The van der Waals surface area contributed by atoms with Crippen LogP contribution in [0.2, 0.25) is 0 Å². The molecule has 0 unspecified atom stereocenters. The van der Waals surface area contributed by atoms with Crippen LogP contribution in [-0.2, 0) is 35.9 Å². The molecule has 0 aliphatic heterocycles. The molecule has 0 aliphatic rings. The van der Waals surface area contributed by atoms with Crippen LogP contribution >= 0.6 is 67.6 Å². The van der Waals surface area contributed by atoms with Gasteiger partial charge in [-0.15, -0.1) is 11.3 Å². The number of nitrogens with one attached hydrogen (secondary N) is 3. The van der Waals surface area contributed by atoms with Crippen molar-refractivity contribution in [1.82, 2.24) is 63.0 Å². The number of rotatable bonds is 15. The van der Waals surface area contributed by atoms with Crippen LogP contribution in [0.25, 0.3) is 28.3 Å². The molecule has 22 nitrogen and oxygen atoms in total. The number of Topliss-reactive ketones (excluding diaryl/α,β-unsaturated/α-hetero) is 2. The minimum atomic E-state index is -0.436. The summed E-state index contributed by atoms with van der Waals surface area (Å²) in [4.78, 5) is 40.0. The van der Waals surface area contributed by atoms with Crippen LogP contribution in [0.4, 0.5) is 27.0 Å². The molecule has 0 radical (unpaired) electrons. The van der Waals surface area contributed by atoms with Gasteiger partial charge in [-0.3, -0.25) is 9.59 Å². The zero-order chi connectivity index (χ0) is 73.2. The Morgan fingerprint density at radius 1 is 0.550 bits per heavy atom. The zero-order valence-electron chi connectivity index (χ0n) is 59.1. The van der Waals surface area contributed by atoms with E-state index in [9.17, 15) is 14.0 Å². The van der Waals surface area contributed by atoms with Gasteiger partial charge >= 0.3 is 0 Å². The van der Waals surface area contributed by atoms with Crippen molar-refractivity contribution in [2.75, 3.05) is 39.8 Å². The molecule has 0 saturated heterocycles. The van der Waals surface area contributed by atoms with Gasteiger partial charge < -0.3 is 51.3 Å². The molecule has 0 aliphatic carbocycles. The molecule has 9 N–H and O–H groups in total. The Labute approximate surface area is 621 Å². The smallest absolute Gasteiger partial charge is 0.188 e. The number of hydrogen-bond acceptors (Lipinski definition) is 15. The van der Waals surface area contributed by atoms with Gasteiger partial charge in [-0.2, -0.15) is 15.3 Å². The van der Waals surface area contributed by atoms with Crippen LogP contribution in [-0.4, -0.2) is 119 Å². The predicted octanol–water partition coefficient (Wildman–Crippen LogP) is 16.2. The number of aromatic nitrogens is 13. The molecule has 100 heavy (non-hydrogen) atoms. The summed E-state index contributed by atoms with van der Waals surface area (Å²) >= 11 is 17.4. The number of imidazole rings is 3. The number of ketones is 2. The van der Waals surface area contributed by atoms with Crippen LogP contribution in [0.3, 0.4) is 0 Å². The van der Waals surface area contributed by atoms with E-state index < -0.39 is 5.82 Å². The minimum Gasteiger partial charge on any atom is -0.397 e. The third kappa shape index (κ3) is 27.4. The number of halogens is 3. The van der Waals surface area contributed by atoms with E-state index in [1.54, 1.807) is 60.7 Å². The third-order valence-electron chi connectivity index (χ3n) is 13.7. The topological polar surface area (TPSA) is 283 Å². The van der Waals surface area contributed by atoms with Crippen molar-refractivity contribution in [3.63, 3.8) is 0 Å². The molecule has 7 heterocycles. The molecule has 3 aromatic carbocycles. The van der Waals surface area contributed by atoms with E-state index in [0.29, 0.717) is 16.6 Å². The Morgan fingerprint density at radius 3 is 1.24 bits per heavy atom. The number of nitrogens with two attached hydrogens (primary N) is 2. The lowest BCUT2D eigenvalue weighted by Crippen LogP contribution is -2.21. The molecule has 544 valence electrons. The monoisotopic (exact) mass is 1560 g/mol. The number of hydrogen-bond donors (Lipinski definition) is 7. The first-order valence-electron chi connectivity index (χ1n) is 31.7. The number of nitrogens with zero attached hydrogens (tertiary/aromatic N) is 13. The molecular weight excluding hydrogens is 1460 g/mol.